The van der Waals surface area contributed by atoms with Crippen LogP contribution in [0, 0.1) is 0 Å². The van der Waals surface area contributed by atoms with Crippen molar-refractivity contribution in [3.05, 3.63) is 30.6 Å². The van der Waals surface area contributed by atoms with Crippen molar-refractivity contribution in [2.75, 3.05) is 5.32 Å². The topological polar surface area (TPSA) is 98.7 Å². The number of unbranched alkanes of at least 4 members (excludes halogenated alkanes) is 1. The van der Waals surface area contributed by atoms with Crippen LogP contribution in [0.25, 0.3) is 5.69 Å². The number of hydrogen-bond donors (Lipinski definition) is 2. The number of carbonyl (C=O) groups is 1. The molecule has 0 saturated heterocycles. The Morgan fingerprint density at radius 3 is 3.05 bits per heavy atom. The lowest BCUT2D eigenvalue weighted by atomic mass is 10.1. The molecule has 0 bridgehead atoms. The highest BCUT2D eigenvalue weighted by molar-refractivity contribution is 5.94. The van der Waals surface area contributed by atoms with E-state index in [0.717, 1.165) is 18.5 Å². The van der Waals surface area contributed by atoms with Crippen molar-refractivity contribution >= 4 is 11.6 Å². The highest BCUT2D eigenvalue weighted by Gasteiger charge is 2.13. The Balaban J connectivity index is 2.03. The van der Waals surface area contributed by atoms with Crippen LogP contribution in [0.1, 0.15) is 26.2 Å². The minimum atomic E-state index is -0.480. The first-order valence-corrected chi connectivity index (χ1v) is 6.60. The maximum atomic E-state index is 11.9. The van der Waals surface area contributed by atoms with Gasteiger partial charge in [0.1, 0.15) is 6.33 Å². The summed E-state index contributed by atoms with van der Waals surface area (Å²) in [5.74, 6) is -0.174. The molecule has 1 aromatic carbocycles. The van der Waals surface area contributed by atoms with Gasteiger partial charge in [0, 0.05) is 5.69 Å². The van der Waals surface area contributed by atoms with Gasteiger partial charge in [0.25, 0.3) is 0 Å². The average Bonchev–Trinajstić information content (AvgIpc) is 2.99. The van der Waals surface area contributed by atoms with Gasteiger partial charge < -0.3 is 11.1 Å². The van der Waals surface area contributed by atoms with Crippen molar-refractivity contribution in [2.45, 2.75) is 32.2 Å². The molecule has 0 saturated carbocycles. The maximum Gasteiger partial charge on any atom is 0.241 e. The molecule has 20 heavy (non-hydrogen) atoms. The van der Waals surface area contributed by atoms with Gasteiger partial charge >= 0.3 is 0 Å². The van der Waals surface area contributed by atoms with Crippen molar-refractivity contribution in [3.8, 4) is 5.69 Å². The summed E-state index contributed by atoms with van der Waals surface area (Å²) in [5.41, 5.74) is 7.28. The monoisotopic (exact) mass is 274 g/mol. The van der Waals surface area contributed by atoms with Crippen LogP contribution < -0.4 is 11.1 Å². The molecule has 3 N–H and O–H groups in total. The van der Waals surface area contributed by atoms with Gasteiger partial charge in [-0.25, -0.2) is 4.68 Å². The Kier molecular flexibility index (Phi) is 4.78. The van der Waals surface area contributed by atoms with Crippen molar-refractivity contribution in [1.82, 2.24) is 20.2 Å². The Labute approximate surface area is 117 Å². The molecule has 0 fully saturated rings. The lowest BCUT2D eigenvalue weighted by molar-refractivity contribution is -0.117. The van der Waals surface area contributed by atoms with E-state index in [1.54, 1.807) is 12.1 Å². The van der Waals surface area contributed by atoms with Crippen LogP contribution in [-0.4, -0.2) is 32.2 Å². The molecule has 0 aliphatic heterocycles. The predicted octanol–water partition coefficient (Wildman–Crippen LogP) is 1.12. The van der Waals surface area contributed by atoms with Gasteiger partial charge in [-0.1, -0.05) is 25.8 Å². The normalized spacial score (nSPS) is 12.1. The van der Waals surface area contributed by atoms with Gasteiger partial charge in [0.2, 0.25) is 5.91 Å². The fraction of sp³-hybridized carbons (Fsp3) is 0.385. The third kappa shape index (κ3) is 3.61. The van der Waals surface area contributed by atoms with Crippen LogP contribution in [0.5, 0.6) is 0 Å². The van der Waals surface area contributed by atoms with Gasteiger partial charge in [-0.3, -0.25) is 4.79 Å². The molecule has 0 spiro atoms. The molecule has 7 heteroatoms. The molecule has 0 aliphatic carbocycles. The van der Waals surface area contributed by atoms with E-state index in [9.17, 15) is 4.79 Å². The number of amides is 1. The quantitative estimate of drug-likeness (QED) is 0.822. The van der Waals surface area contributed by atoms with E-state index < -0.39 is 6.04 Å². The number of tetrazole rings is 1. The molecule has 7 nitrogen and oxygen atoms in total. The number of carbonyl (C=O) groups excluding carboxylic acids is 1. The fourth-order valence-corrected chi connectivity index (χ4v) is 1.80. The summed E-state index contributed by atoms with van der Waals surface area (Å²) >= 11 is 0. The molecule has 2 aromatic rings. The summed E-state index contributed by atoms with van der Waals surface area (Å²) in [6, 6.07) is 6.79. The first kappa shape index (κ1) is 14.1. The molecule has 0 aliphatic rings. The van der Waals surface area contributed by atoms with E-state index in [4.69, 9.17) is 5.73 Å². The fourth-order valence-electron chi connectivity index (χ4n) is 1.80. The average molecular weight is 274 g/mol. The maximum absolute atomic E-state index is 11.9. The van der Waals surface area contributed by atoms with Crippen molar-refractivity contribution in [3.63, 3.8) is 0 Å². The van der Waals surface area contributed by atoms with Crippen LogP contribution in [0.3, 0.4) is 0 Å². The third-order valence-corrected chi connectivity index (χ3v) is 2.93. The van der Waals surface area contributed by atoms with Gasteiger partial charge in [-0.2, -0.15) is 0 Å². The van der Waals surface area contributed by atoms with Crippen LogP contribution in [0.2, 0.25) is 0 Å². The Morgan fingerprint density at radius 1 is 1.50 bits per heavy atom. The minimum absolute atomic E-state index is 0.174. The summed E-state index contributed by atoms with van der Waals surface area (Å²) in [7, 11) is 0. The summed E-state index contributed by atoms with van der Waals surface area (Å²) in [4.78, 5) is 11.9. The predicted molar refractivity (Wildman–Crippen MR) is 75.3 cm³/mol. The van der Waals surface area contributed by atoms with Crippen LogP contribution >= 0.6 is 0 Å². The number of anilines is 1. The van der Waals surface area contributed by atoms with Gasteiger partial charge in [0.05, 0.1) is 11.7 Å². The smallest absolute Gasteiger partial charge is 0.241 e. The summed E-state index contributed by atoms with van der Waals surface area (Å²) in [6.07, 6.45) is 4.15. The highest BCUT2D eigenvalue weighted by Crippen LogP contribution is 2.14. The SMILES string of the molecule is CCCCC(N)C(=O)Nc1cccc(-n2cnnn2)c1. The molecule has 106 valence electrons. The van der Waals surface area contributed by atoms with Gasteiger partial charge in [-0.05, 0) is 35.0 Å². The number of benzene rings is 1. The second-order valence-electron chi connectivity index (χ2n) is 4.54. The minimum Gasteiger partial charge on any atom is -0.325 e. The molecule has 1 atom stereocenters. The van der Waals surface area contributed by atoms with Crippen molar-refractivity contribution in [2.24, 2.45) is 5.73 Å². The summed E-state index contributed by atoms with van der Waals surface area (Å²) in [5, 5.41) is 13.8. The Hall–Kier alpha value is -2.28. The zero-order valence-electron chi connectivity index (χ0n) is 11.4. The second kappa shape index (κ2) is 6.76. The lowest BCUT2D eigenvalue weighted by Crippen LogP contribution is -2.35. The van der Waals surface area contributed by atoms with Crippen LogP contribution in [-0.2, 0) is 4.79 Å². The van der Waals surface area contributed by atoms with E-state index in [-0.39, 0.29) is 5.91 Å². The second-order valence-corrected chi connectivity index (χ2v) is 4.54. The third-order valence-electron chi connectivity index (χ3n) is 2.93. The molecule has 1 amide bonds. The number of aromatic nitrogens is 4. The number of nitrogens with zero attached hydrogens (tertiary/aromatic N) is 4. The van der Waals surface area contributed by atoms with E-state index in [0.29, 0.717) is 12.1 Å². The van der Waals surface area contributed by atoms with E-state index in [2.05, 4.69) is 27.8 Å². The van der Waals surface area contributed by atoms with Gasteiger partial charge in [-0.15, -0.1) is 5.10 Å². The summed E-state index contributed by atoms with van der Waals surface area (Å²) in [6.45, 7) is 2.07. The molecule has 1 heterocycles. The summed E-state index contributed by atoms with van der Waals surface area (Å²) < 4.78 is 1.52. The Bertz CT molecular complexity index is 554. The number of hydrogen-bond acceptors (Lipinski definition) is 5. The molecule has 0 radical (unpaired) electrons. The van der Waals surface area contributed by atoms with Crippen molar-refractivity contribution < 1.29 is 4.79 Å². The molecule has 2 rings (SSSR count). The molecule has 1 unspecified atom stereocenters. The van der Waals surface area contributed by atoms with Crippen LogP contribution in [0.15, 0.2) is 30.6 Å². The standard InChI is InChI=1S/C13H18N6O/c1-2-3-7-12(14)13(20)16-10-5-4-6-11(8-10)19-9-15-17-18-19/h4-6,8-9,12H,2-3,7,14H2,1H3,(H,16,20). The van der Waals surface area contributed by atoms with Gasteiger partial charge in [0.15, 0.2) is 0 Å². The first-order chi connectivity index (χ1) is 9.70. The Morgan fingerprint density at radius 2 is 2.35 bits per heavy atom. The number of rotatable bonds is 6. The zero-order chi connectivity index (χ0) is 14.4. The largest absolute Gasteiger partial charge is 0.325 e. The van der Waals surface area contributed by atoms with Crippen molar-refractivity contribution in [1.29, 1.82) is 0 Å². The lowest BCUT2D eigenvalue weighted by Gasteiger charge is -2.12. The highest BCUT2D eigenvalue weighted by atomic mass is 16.2. The molecular formula is C13H18N6O. The van der Waals surface area contributed by atoms with Crippen LogP contribution in [0.4, 0.5) is 5.69 Å². The number of nitrogens with two attached hydrogens (primary N) is 1. The molecule has 1 aromatic heterocycles. The molecular weight excluding hydrogens is 256 g/mol. The number of nitrogens with one attached hydrogen (secondary N) is 1. The van der Waals surface area contributed by atoms with E-state index in [1.807, 2.05) is 12.1 Å². The zero-order valence-corrected chi connectivity index (χ0v) is 11.4. The van der Waals surface area contributed by atoms with E-state index in [1.165, 1.54) is 11.0 Å². The first-order valence-electron chi connectivity index (χ1n) is 6.60. The van der Waals surface area contributed by atoms with E-state index >= 15 is 0 Å².